The first-order valence-corrected chi connectivity index (χ1v) is 5.56. The Morgan fingerprint density at radius 2 is 2.06 bits per heavy atom. The SMILES string of the molecule is O=c1cc(O)c2cnn(Cc3ccccc3)c2[nH]1. The Morgan fingerprint density at radius 1 is 1.28 bits per heavy atom. The van der Waals surface area contributed by atoms with Crippen molar-refractivity contribution in [2.45, 2.75) is 6.54 Å². The number of nitrogens with one attached hydrogen (secondary N) is 1. The van der Waals surface area contributed by atoms with Crippen molar-refractivity contribution in [2.75, 3.05) is 0 Å². The largest absolute Gasteiger partial charge is 0.507 e. The van der Waals surface area contributed by atoms with Gasteiger partial charge in [-0.2, -0.15) is 5.10 Å². The zero-order chi connectivity index (χ0) is 12.5. The summed E-state index contributed by atoms with van der Waals surface area (Å²) >= 11 is 0. The number of aromatic hydroxyl groups is 1. The van der Waals surface area contributed by atoms with Crippen LogP contribution in [0.25, 0.3) is 11.0 Å². The van der Waals surface area contributed by atoms with Crippen molar-refractivity contribution in [3.8, 4) is 5.75 Å². The molecule has 0 aliphatic heterocycles. The molecule has 0 spiro atoms. The summed E-state index contributed by atoms with van der Waals surface area (Å²) in [6.07, 6.45) is 1.55. The quantitative estimate of drug-likeness (QED) is 0.713. The molecule has 0 fully saturated rings. The Labute approximate surface area is 102 Å². The number of hydrogen-bond acceptors (Lipinski definition) is 3. The van der Waals surface area contributed by atoms with E-state index in [9.17, 15) is 9.90 Å². The van der Waals surface area contributed by atoms with Gasteiger partial charge in [0.15, 0.2) is 0 Å². The third-order valence-electron chi connectivity index (χ3n) is 2.80. The summed E-state index contributed by atoms with van der Waals surface area (Å²) in [5, 5.41) is 14.4. The third-order valence-corrected chi connectivity index (χ3v) is 2.80. The number of nitrogens with zero attached hydrogens (tertiary/aromatic N) is 2. The zero-order valence-electron chi connectivity index (χ0n) is 9.50. The van der Waals surface area contributed by atoms with E-state index in [4.69, 9.17) is 0 Å². The molecule has 5 nitrogen and oxygen atoms in total. The molecular formula is C13H11N3O2. The number of aromatic amines is 1. The number of rotatable bonds is 2. The zero-order valence-corrected chi connectivity index (χ0v) is 9.50. The summed E-state index contributed by atoms with van der Waals surface area (Å²) in [6.45, 7) is 0.545. The van der Waals surface area contributed by atoms with E-state index in [0.717, 1.165) is 11.6 Å². The molecule has 2 N–H and O–H groups in total. The molecule has 0 aliphatic rings. The molecular weight excluding hydrogens is 230 g/mol. The van der Waals surface area contributed by atoms with Crippen LogP contribution in [-0.4, -0.2) is 19.9 Å². The van der Waals surface area contributed by atoms with Crippen molar-refractivity contribution in [2.24, 2.45) is 0 Å². The fourth-order valence-corrected chi connectivity index (χ4v) is 1.94. The van der Waals surface area contributed by atoms with Gasteiger partial charge in [0.1, 0.15) is 11.4 Å². The van der Waals surface area contributed by atoms with Gasteiger partial charge in [0.05, 0.1) is 18.1 Å². The minimum atomic E-state index is -0.338. The van der Waals surface area contributed by atoms with E-state index in [1.165, 1.54) is 0 Å². The molecule has 90 valence electrons. The number of hydrogen-bond donors (Lipinski definition) is 2. The Hall–Kier alpha value is -2.56. The Morgan fingerprint density at radius 3 is 2.83 bits per heavy atom. The Balaban J connectivity index is 2.11. The van der Waals surface area contributed by atoms with Gasteiger partial charge in [0, 0.05) is 6.07 Å². The number of aromatic nitrogens is 3. The van der Waals surface area contributed by atoms with Crippen molar-refractivity contribution in [3.05, 3.63) is 58.5 Å². The van der Waals surface area contributed by atoms with Gasteiger partial charge in [0.2, 0.25) is 0 Å². The van der Waals surface area contributed by atoms with E-state index in [1.54, 1.807) is 10.9 Å². The smallest absolute Gasteiger partial charge is 0.253 e. The predicted molar refractivity (Wildman–Crippen MR) is 67.6 cm³/mol. The van der Waals surface area contributed by atoms with E-state index in [0.29, 0.717) is 17.6 Å². The first-order chi connectivity index (χ1) is 8.74. The summed E-state index contributed by atoms with van der Waals surface area (Å²) in [6, 6.07) is 10.9. The van der Waals surface area contributed by atoms with Crippen molar-refractivity contribution in [1.29, 1.82) is 0 Å². The summed E-state index contributed by atoms with van der Waals surface area (Å²) < 4.78 is 1.66. The number of pyridine rings is 1. The molecule has 5 heteroatoms. The van der Waals surface area contributed by atoms with Crippen LogP contribution in [0.15, 0.2) is 47.4 Å². The molecule has 18 heavy (non-hydrogen) atoms. The van der Waals surface area contributed by atoms with Gasteiger partial charge in [-0.3, -0.25) is 4.79 Å². The topological polar surface area (TPSA) is 70.9 Å². The molecule has 2 heterocycles. The molecule has 0 radical (unpaired) electrons. The van der Waals surface area contributed by atoms with Gasteiger partial charge in [-0.05, 0) is 5.56 Å². The van der Waals surface area contributed by atoms with Gasteiger partial charge in [-0.1, -0.05) is 30.3 Å². The summed E-state index contributed by atoms with van der Waals surface area (Å²) in [7, 11) is 0. The average molecular weight is 241 g/mol. The highest BCUT2D eigenvalue weighted by molar-refractivity contribution is 5.81. The van der Waals surface area contributed by atoms with Gasteiger partial charge >= 0.3 is 0 Å². The molecule has 0 aliphatic carbocycles. The number of benzene rings is 1. The van der Waals surface area contributed by atoms with Crippen LogP contribution in [0.2, 0.25) is 0 Å². The van der Waals surface area contributed by atoms with Crippen molar-refractivity contribution < 1.29 is 5.11 Å². The van der Waals surface area contributed by atoms with E-state index < -0.39 is 0 Å². The lowest BCUT2D eigenvalue weighted by Crippen LogP contribution is -2.08. The van der Waals surface area contributed by atoms with E-state index >= 15 is 0 Å². The van der Waals surface area contributed by atoms with Crippen molar-refractivity contribution in [3.63, 3.8) is 0 Å². The monoisotopic (exact) mass is 241 g/mol. The van der Waals surface area contributed by atoms with Crippen LogP contribution in [0.3, 0.4) is 0 Å². The van der Waals surface area contributed by atoms with Crippen LogP contribution < -0.4 is 5.56 Å². The molecule has 0 bridgehead atoms. The second kappa shape index (κ2) is 4.03. The van der Waals surface area contributed by atoms with Gasteiger partial charge in [-0.15, -0.1) is 0 Å². The van der Waals surface area contributed by atoms with Gasteiger partial charge in [-0.25, -0.2) is 4.68 Å². The molecule has 1 aromatic carbocycles. The molecule has 0 saturated carbocycles. The fourth-order valence-electron chi connectivity index (χ4n) is 1.94. The van der Waals surface area contributed by atoms with Crippen LogP contribution in [0.4, 0.5) is 0 Å². The van der Waals surface area contributed by atoms with Crippen molar-refractivity contribution in [1.82, 2.24) is 14.8 Å². The highest BCUT2D eigenvalue weighted by Gasteiger charge is 2.08. The second-order valence-electron chi connectivity index (χ2n) is 4.07. The summed E-state index contributed by atoms with van der Waals surface area (Å²) in [4.78, 5) is 14.0. The maximum atomic E-state index is 11.4. The predicted octanol–water partition coefficient (Wildman–Crippen LogP) is 1.48. The van der Waals surface area contributed by atoms with Crippen LogP contribution in [0.1, 0.15) is 5.56 Å². The summed E-state index contributed by atoms with van der Waals surface area (Å²) in [5.74, 6) is -0.0481. The van der Waals surface area contributed by atoms with Crippen LogP contribution in [0.5, 0.6) is 5.75 Å². The lowest BCUT2D eigenvalue weighted by atomic mass is 10.2. The van der Waals surface area contributed by atoms with Crippen LogP contribution >= 0.6 is 0 Å². The van der Waals surface area contributed by atoms with Crippen LogP contribution in [-0.2, 0) is 6.54 Å². The molecule has 0 unspecified atom stereocenters. The lowest BCUT2D eigenvalue weighted by molar-refractivity contribution is 0.480. The highest BCUT2D eigenvalue weighted by Crippen LogP contribution is 2.20. The minimum Gasteiger partial charge on any atom is -0.507 e. The maximum absolute atomic E-state index is 11.4. The normalized spacial score (nSPS) is 10.9. The Bertz CT molecular complexity index is 744. The lowest BCUT2D eigenvalue weighted by Gasteiger charge is -2.03. The standard InChI is InChI=1S/C13H11N3O2/c17-11-6-12(18)15-13-10(11)7-14-16(13)8-9-4-2-1-3-5-9/h1-7H,8H2,(H2,15,17,18). The minimum absolute atomic E-state index is 0.0481. The highest BCUT2D eigenvalue weighted by atomic mass is 16.3. The number of fused-ring (bicyclic) bond motifs is 1. The van der Waals surface area contributed by atoms with E-state index in [-0.39, 0.29) is 11.3 Å². The van der Waals surface area contributed by atoms with Crippen molar-refractivity contribution >= 4 is 11.0 Å². The average Bonchev–Trinajstić information content (AvgIpc) is 2.74. The molecule has 3 rings (SSSR count). The molecule has 3 aromatic rings. The third kappa shape index (κ3) is 1.75. The Kier molecular flexibility index (Phi) is 2.37. The molecule has 2 aromatic heterocycles. The summed E-state index contributed by atoms with van der Waals surface area (Å²) in [5.41, 5.74) is 1.27. The van der Waals surface area contributed by atoms with Gasteiger partial charge < -0.3 is 10.1 Å². The molecule has 0 saturated heterocycles. The van der Waals surface area contributed by atoms with Gasteiger partial charge in [0.25, 0.3) is 5.56 Å². The van der Waals surface area contributed by atoms with E-state index in [1.807, 2.05) is 30.3 Å². The first-order valence-electron chi connectivity index (χ1n) is 5.56. The first kappa shape index (κ1) is 10.6. The molecule has 0 atom stereocenters. The van der Waals surface area contributed by atoms with E-state index in [2.05, 4.69) is 10.1 Å². The second-order valence-corrected chi connectivity index (χ2v) is 4.07. The number of H-pyrrole nitrogens is 1. The molecule has 0 amide bonds. The fraction of sp³-hybridized carbons (Fsp3) is 0.0769. The maximum Gasteiger partial charge on any atom is 0.253 e. The van der Waals surface area contributed by atoms with Crippen LogP contribution in [0, 0.1) is 0 Å².